The molecule has 0 bridgehead atoms. The average Bonchev–Trinajstić information content (AvgIpc) is 2.99. The van der Waals surface area contributed by atoms with Crippen LogP contribution >= 0.6 is 0 Å². The molecule has 1 aliphatic heterocycles. The molecule has 42 heavy (non-hydrogen) atoms. The van der Waals surface area contributed by atoms with Crippen molar-refractivity contribution in [3.05, 3.63) is 76.6 Å². The number of likely N-dealkylation sites (tertiary alicyclic amines) is 1. The number of hydrogen-bond donors (Lipinski definition) is 5. The number of rotatable bonds is 15. The molecule has 1 atom stereocenters. The molecule has 3 aromatic rings. The number of carbonyl (C=O) groups excluding carboxylic acids is 1. The van der Waals surface area contributed by atoms with Crippen LogP contribution < -0.4 is 20.9 Å². The summed E-state index contributed by atoms with van der Waals surface area (Å²) in [4.78, 5) is 29.4. The van der Waals surface area contributed by atoms with Crippen molar-refractivity contribution < 1.29 is 19.7 Å². The van der Waals surface area contributed by atoms with Crippen molar-refractivity contribution >= 4 is 16.8 Å². The molecule has 9 nitrogen and oxygen atoms in total. The summed E-state index contributed by atoms with van der Waals surface area (Å²) in [6.45, 7) is 10.3. The van der Waals surface area contributed by atoms with Gasteiger partial charge >= 0.3 is 0 Å². The largest absolute Gasteiger partial charge is 0.506 e. The van der Waals surface area contributed by atoms with E-state index in [1.54, 1.807) is 18.2 Å². The van der Waals surface area contributed by atoms with Gasteiger partial charge in [-0.05, 0) is 101 Å². The fourth-order valence-electron chi connectivity index (χ4n) is 5.40. The molecular weight excluding hydrogens is 532 g/mol. The Morgan fingerprint density at radius 1 is 1.10 bits per heavy atom. The molecular formula is C33H45N4O5. The van der Waals surface area contributed by atoms with E-state index in [0.717, 1.165) is 58.2 Å². The van der Waals surface area contributed by atoms with E-state index in [1.807, 2.05) is 24.7 Å². The van der Waals surface area contributed by atoms with E-state index < -0.39 is 6.10 Å². The van der Waals surface area contributed by atoms with Crippen LogP contribution in [0.15, 0.2) is 53.3 Å². The summed E-state index contributed by atoms with van der Waals surface area (Å²) in [5, 5.41) is 27.6. The van der Waals surface area contributed by atoms with E-state index in [2.05, 4.69) is 34.4 Å². The number of H-pyrrole nitrogens is 1. The van der Waals surface area contributed by atoms with Gasteiger partial charge in [-0.3, -0.25) is 9.59 Å². The van der Waals surface area contributed by atoms with Crippen molar-refractivity contribution in [2.45, 2.75) is 64.5 Å². The highest BCUT2D eigenvalue weighted by atomic mass is 16.5. The molecule has 1 aromatic heterocycles. The molecule has 1 radical (unpaired) electrons. The van der Waals surface area contributed by atoms with Gasteiger partial charge in [-0.15, -0.1) is 0 Å². The number of aromatic hydroxyl groups is 1. The summed E-state index contributed by atoms with van der Waals surface area (Å²) < 4.78 is 5.90. The van der Waals surface area contributed by atoms with Gasteiger partial charge in [-0.1, -0.05) is 25.0 Å². The van der Waals surface area contributed by atoms with Crippen LogP contribution in [0, 0.1) is 12.5 Å². The monoisotopic (exact) mass is 577 g/mol. The number of fused-ring (bicyclic) bond motifs is 1. The SMILES string of the molecule is CC(C)N1CCC([CH]NC(=O)c2cccc(OCCCCCCNC[C@H](O)c3ccc(O)c4[nH]c(=O)ccc34)c2)CC1. The van der Waals surface area contributed by atoms with Crippen molar-refractivity contribution in [1.82, 2.24) is 20.5 Å². The minimum absolute atomic E-state index is 0.0177. The summed E-state index contributed by atoms with van der Waals surface area (Å²) in [6.07, 6.45) is 5.32. The van der Waals surface area contributed by atoms with Gasteiger partial charge in [-0.25, -0.2) is 0 Å². The third kappa shape index (κ3) is 9.05. The standard InChI is InChI=1S/C33H45N4O5/c1-23(2)37-17-14-24(15-18-37)21-35-33(41)25-8-7-9-26(20-25)42-19-6-4-3-5-16-34-22-30(39)27-10-12-29(38)32-28(27)11-13-31(40)36-32/h7-13,20-21,23-24,30,34,38-39H,3-6,14-19,22H2,1-2H3,(H,35,41)(H,36,40)/t30-/m0/s1. The lowest BCUT2D eigenvalue weighted by molar-refractivity contribution is 0.0949. The molecule has 1 amide bonds. The number of nitrogens with zero attached hydrogens (tertiary/aromatic N) is 1. The zero-order valence-corrected chi connectivity index (χ0v) is 24.8. The van der Waals surface area contributed by atoms with Gasteiger partial charge in [0.15, 0.2) is 0 Å². The normalized spacial score (nSPS) is 15.2. The van der Waals surface area contributed by atoms with Gasteiger partial charge in [0.25, 0.3) is 5.91 Å². The Balaban J connectivity index is 1.07. The molecule has 4 rings (SSSR count). The second-order valence-corrected chi connectivity index (χ2v) is 11.4. The van der Waals surface area contributed by atoms with E-state index in [0.29, 0.717) is 52.9 Å². The topological polar surface area (TPSA) is 127 Å². The quantitative estimate of drug-likeness (QED) is 0.168. The summed E-state index contributed by atoms with van der Waals surface area (Å²) in [6, 6.07) is 14.1. The molecule has 0 saturated carbocycles. The maximum atomic E-state index is 12.7. The number of phenols is 1. The van der Waals surface area contributed by atoms with E-state index in [9.17, 15) is 19.8 Å². The molecule has 1 saturated heterocycles. The maximum Gasteiger partial charge on any atom is 0.251 e. The smallest absolute Gasteiger partial charge is 0.251 e. The molecule has 0 unspecified atom stereocenters. The van der Waals surface area contributed by atoms with Crippen LogP contribution in [-0.2, 0) is 0 Å². The number of carbonyl (C=O) groups is 1. The van der Waals surface area contributed by atoms with Crippen LogP contribution in [0.3, 0.4) is 0 Å². The van der Waals surface area contributed by atoms with Crippen LogP contribution in [0.1, 0.15) is 74.4 Å². The number of piperidine rings is 1. The van der Waals surface area contributed by atoms with E-state index in [4.69, 9.17) is 4.74 Å². The van der Waals surface area contributed by atoms with Crippen molar-refractivity contribution in [1.29, 1.82) is 0 Å². The van der Waals surface area contributed by atoms with Gasteiger partial charge in [0.2, 0.25) is 5.56 Å². The van der Waals surface area contributed by atoms with Gasteiger partial charge in [-0.2, -0.15) is 0 Å². The second-order valence-electron chi connectivity index (χ2n) is 11.4. The molecule has 9 heteroatoms. The first kappa shape index (κ1) is 31.5. The summed E-state index contributed by atoms with van der Waals surface area (Å²) in [5.41, 5.74) is 1.30. The minimum atomic E-state index is -0.758. The number of aliphatic hydroxyl groups excluding tert-OH is 1. The van der Waals surface area contributed by atoms with Crippen LogP contribution in [0.5, 0.6) is 11.5 Å². The van der Waals surface area contributed by atoms with Crippen molar-refractivity contribution in [3.63, 3.8) is 0 Å². The molecule has 1 aliphatic rings. The first-order valence-electron chi connectivity index (χ1n) is 15.2. The van der Waals surface area contributed by atoms with Gasteiger partial charge < -0.3 is 35.5 Å². The maximum absolute atomic E-state index is 12.7. The Morgan fingerprint density at radius 3 is 2.67 bits per heavy atom. The van der Waals surface area contributed by atoms with E-state index in [-0.39, 0.29) is 17.2 Å². The highest BCUT2D eigenvalue weighted by molar-refractivity contribution is 5.95. The fraction of sp³-hybridized carbons (Fsp3) is 0.485. The zero-order chi connectivity index (χ0) is 29.9. The van der Waals surface area contributed by atoms with Crippen LogP contribution in [0.25, 0.3) is 10.9 Å². The number of aromatic amines is 1. The third-order valence-electron chi connectivity index (χ3n) is 7.97. The number of aromatic nitrogens is 1. The molecule has 5 N–H and O–H groups in total. The summed E-state index contributed by atoms with van der Waals surface area (Å²) in [7, 11) is 0. The van der Waals surface area contributed by atoms with Crippen LogP contribution in [-0.4, -0.2) is 64.8 Å². The lowest BCUT2D eigenvalue weighted by atomic mass is 9.96. The van der Waals surface area contributed by atoms with Crippen LogP contribution in [0.4, 0.5) is 0 Å². The number of ether oxygens (including phenoxy) is 1. The molecule has 2 aromatic carbocycles. The highest BCUT2D eigenvalue weighted by Gasteiger charge is 2.21. The Bertz CT molecular complexity index is 1350. The zero-order valence-electron chi connectivity index (χ0n) is 24.8. The molecule has 2 heterocycles. The predicted molar refractivity (Wildman–Crippen MR) is 166 cm³/mol. The number of pyridine rings is 1. The van der Waals surface area contributed by atoms with Gasteiger partial charge in [0.1, 0.15) is 11.5 Å². The molecule has 0 spiro atoms. The molecule has 1 fully saturated rings. The number of hydrogen-bond acceptors (Lipinski definition) is 7. The average molecular weight is 578 g/mol. The first-order valence-corrected chi connectivity index (χ1v) is 15.2. The number of unbranched alkanes of at least 4 members (excludes halogenated alkanes) is 3. The first-order chi connectivity index (χ1) is 20.3. The Hall–Kier alpha value is -3.40. The lowest BCUT2D eigenvalue weighted by Gasteiger charge is -2.34. The van der Waals surface area contributed by atoms with Gasteiger partial charge in [0.05, 0.1) is 24.8 Å². The molecule has 227 valence electrons. The number of amides is 1. The summed E-state index contributed by atoms with van der Waals surface area (Å²) >= 11 is 0. The van der Waals surface area contributed by atoms with Crippen LogP contribution in [0.2, 0.25) is 0 Å². The van der Waals surface area contributed by atoms with Gasteiger partial charge in [0, 0.05) is 29.6 Å². The third-order valence-corrected chi connectivity index (χ3v) is 7.97. The highest BCUT2D eigenvalue weighted by Crippen LogP contribution is 2.28. The minimum Gasteiger partial charge on any atom is -0.506 e. The second kappa shape index (κ2) is 15.7. The van der Waals surface area contributed by atoms with Crippen molar-refractivity contribution in [3.8, 4) is 11.5 Å². The number of nitrogens with one attached hydrogen (secondary N) is 3. The number of phenolic OH excluding ortho intramolecular Hbond substituents is 1. The Labute approximate surface area is 248 Å². The van der Waals surface area contributed by atoms with Crippen molar-refractivity contribution in [2.24, 2.45) is 5.92 Å². The van der Waals surface area contributed by atoms with E-state index in [1.165, 1.54) is 12.1 Å². The molecule has 0 aliphatic carbocycles. The fourth-order valence-corrected chi connectivity index (χ4v) is 5.40. The number of benzene rings is 2. The van der Waals surface area contributed by atoms with E-state index >= 15 is 0 Å². The summed E-state index contributed by atoms with van der Waals surface area (Å²) in [5.74, 6) is 0.999. The van der Waals surface area contributed by atoms with Crippen molar-refractivity contribution in [2.75, 3.05) is 32.8 Å². The lowest BCUT2D eigenvalue weighted by Crippen LogP contribution is -2.40. The Morgan fingerprint density at radius 2 is 1.88 bits per heavy atom. The number of aliphatic hydroxyl groups is 1. The Kier molecular flexibility index (Phi) is 11.8. The predicted octanol–water partition coefficient (Wildman–Crippen LogP) is 4.51.